The molecule has 0 saturated heterocycles. The van der Waals surface area contributed by atoms with Gasteiger partial charge in [-0.3, -0.25) is 9.78 Å². The Morgan fingerprint density at radius 2 is 2.11 bits per heavy atom. The van der Waals surface area contributed by atoms with Crippen molar-refractivity contribution in [1.29, 1.82) is 0 Å². The molecule has 0 fully saturated rings. The van der Waals surface area contributed by atoms with Gasteiger partial charge < -0.3 is 15.2 Å². The number of aliphatic hydroxyl groups is 1. The Morgan fingerprint density at radius 1 is 1.37 bits per heavy atom. The number of aromatic nitrogens is 1. The minimum atomic E-state index is -4.52. The molecule has 0 aliphatic heterocycles. The fourth-order valence-electron chi connectivity index (χ4n) is 1.20. The largest absolute Gasteiger partial charge is 0.433 e. The number of ether oxygens (including phenoxy) is 1. The number of nitrogens with one attached hydrogen (secondary N) is 1. The van der Waals surface area contributed by atoms with E-state index in [1.54, 1.807) is 0 Å². The molecule has 1 aromatic heterocycles. The van der Waals surface area contributed by atoms with Crippen LogP contribution in [0.2, 0.25) is 0 Å². The van der Waals surface area contributed by atoms with E-state index in [-0.39, 0.29) is 31.9 Å². The van der Waals surface area contributed by atoms with Crippen LogP contribution < -0.4 is 5.32 Å². The Balaban J connectivity index is 2.45. The highest BCUT2D eigenvalue weighted by molar-refractivity contribution is 5.93. The molecule has 0 radical (unpaired) electrons. The maximum absolute atomic E-state index is 12.2. The predicted molar refractivity (Wildman–Crippen MR) is 59.5 cm³/mol. The summed E-state index contributed by atoms with van der Waals surface area (Å²) >= 11 is 0. The first-order valence-electron chi connectivity index (χ1n) is 5.45. The molecule has 5 nitrogen and oxygen atoms in total. The lowest BCUT2D eigenvalue weighted by Crippen LogP contribution is -2.27. The van der Waals surface area contributed by atoms with Crippen molar-refractivity contribution in [2.24, 2.45) is 0 Å². The molecule has 0 aliphatic rings. The normalized spacial score (nSPS) is 11.4. The first-order valence-corrected chi connectivity index (χ1v) is 5.45. The minimum absolute atomic E-state index is 0.0372. The Labute approximate surface area is 107 Å². The molecular formula is C11H13F3N2O3. The summed E-state index contributed by atoms with van der Waals surface area (Å²) in [5, 5.41) is 10.9. The molecule has 0 aliphatic carbocycles. The molecule has 1 amide bonds. The summed E-state index contributed by atoms with van der Waals surface area (Å²) in [7, 11) is 0. The van der Waals surface area contributed by atoms with Gasteiger partial charge in [-0.2, -0.15) is 13.2 Å². The minimum Gasteiger partial charge on any atom is -0.394 e. The zero-order chi connectivity index (χ0) is 14.3. The molecule has 2 N–H and O–H groups in total. The highest BCUT2D eigenvalue weighted by Gasteiger charge is 2.32. The third-order valence-corrected chi connectivity index (χ3v) is 2.08. The number of hydrogen-bond acceptors (Lipinski definition) is 4. The molecule has 0 aromatic carbocycles. The number of hydrogen-bond donors (Lipinski definition) is 2. The van der Waals surface area contributed by atoms with Crippen LogP contribution in [0.1, 0.15) is 16.1 Å². The van der Waals surface area contributed by atoms with E-state index in [4.69, 9.17) is 9.84 Å². The van der Waals surface area contributed by atoms with Gasteiger partial charge in [0.1, 0.15) is 5.69 Å². The lowest BCUT2D eigenvalue weighted by Gasteiger charge is -2.07. The third-order valence-electron chi connectivity index (χ3n) is 2.08. The second kappa shape index (κ2) is 7.05. The molecule has 106 valence electrons. The summed E-state index contributed by atoms with van der Waals surface area (Å²) in [6, 6.07) is 1.80. The molecule has 0 unspecified atom stereocenters. The van der Waals surface area contributed by atoms with Crippen LogP contribution in [0.3, 0.4) is 0 Å². The van der Waals surface area contributed by atoms with E-state index in [9.17, 15) is 18.0 Å². The second-order valence-electron chi connectivity index (χ2n) is 3.52. The Bertz CT molecular complexity index is 407. The molecule has 0 bridgehead atoms. The number of alkyl halides is 3. The number of amides is 1. The summed E-state index contributed by atoms with van der Waals surface area (Å²) in [6.45, 7) is 0.453. The first kappa shape index (κ1) is 15.4. The predicted octanol–water partition coefficient (Wildman–Crippen LogP) is 0.839. The van der Waals surface area contributed by atoms with E-state index in [2.05, 4.69) is 10.3 Å². The van der Waals surface area contributed by atoms with Crippen LogP contribution in [0.4, 0.5) is 13.2 Å². The van der Waals surface area contributed by atoms with Gasteiger partial charge in [0.25, 0.3) is 5.91 Å². The van der Waals surface area contributed by atoms with Crippen LogP contribution in [0.25, 0.3) is 0 Å². The first-order chi connectivity index (χ1) is 8.95. The average molecular weight is 278 g/mol. The second-order valence-corrected chi connectivity index (χ2v) is 3.52. The van der Waals surface area contributed by atoms with Crippen molar-refractivity contribution in [2.75, 3.05) is 26.4 Å². The van der Waals surface area contributed by atoms with Crippen LogP contribution in [0.15, 0.2) is 18.3 Å². The van der Waals surface area contributed by atoms with Gasteiger partial charge in [-0.1, -0.05) is 0 Å². The van der Waals surface area contributed by atoms with Crippen LogP contribution in [-0.2, 0) is 10.9 Å². The number of carbonyl (C=O) groups excluding carboxylic acids is 1. The monoisotopic (exact) mass is 278 g/mol. The van der Waals surface area contributed by atoms with Crippen molar-refractivity contribution >= 4 is 5.91 Å². The molecule has 1 rings (SSSR count). The summed E-state index contributed by atoms with van der Waals surface area (Å²) in [5.41, 5.74) is -1.01. The number of rotatable bonds is 6. The van der Waals surface area contributed by atoms with Gasteiger partial charge in [0.05, 0.1) is 25.4 Å². The lowest BCUT2D eigenvalue weighted by atomic mass is 10.2. The Morgan fingerprint density at radius 3 is 2.63 bits per heavy atom. The number of halogens is 3. The Hall–Kier alpha value is -1.67. The lowest BCUT2D eigenvalue weighted by molar-refractivity contribution is -0.141. The van der Waals surface area contributed by atoms with E-state index in [0.717, 1.165) is 18.3 Å². The zero-order valence-corrected chi connectivity index (χ0v) is 9.91. The third kappa shape index (κ3) is 5.23. The standard InChI is InChI=1S/C11H13F3N2O3/c12-11(13,14)9-2-1-8(7-16-9)10(18)15-3-5-19-6-4-17/h1-2,7,17H,3-6H2,(H,15,18). The molecular weight excluding hydrogens is 265 g/mol. The van der Waals surface area contributed by atoms with Gasteiger partial charge in [0, 0.05) is 12.7 Å². The number of aliphatic hydroxyl groups excluding tert-OH is 1. The Kier molecular flexibility index (Phi) is 5.71. The van der Waals surface area contributed by atoms with Gasteiger partial charge in [0.2, 0.25) is 0 Å². The highest BCUT2D eigenvalue weighted by atomic mass is 19.4. The van der Waals surface area contributed by atoms with Crippen LogP contribution in [0, 0.1) is 0 Å². The highest BCUT2D eigenvalue weighted by Crippen LogP contribution is 2.27. The van der Waals surface area contributed by atoms with Gasteiger partial charge in [-0.05, 0) is 12.1 Å². The smallest absolute Gasteiger partial charge is 0.394 e. The molecule has 8 heteroatoms. The summed E-state index contributed by atoms with van der Waals surface area (Å²) in [5.74, 6) is -0.533. The average Bonchev–Trinajstić information content (AvgIpc) is 2.37. The molecule has 19 heavy (non-hydrogen) atoms. The van der Waals surface area contributed by atoms with Crippen LogP contribution in [0.5, 0.6) is 0 Å². The molecule has 0 atom stereocenters. The molecule has 1 heterocycles. The van der Waals surface area contributed by atoms with E-state index in [1.807, 2.05) is 0 Å². The van der Waals surface area contributed by atoms with Crippen LogP contribution in [-0.4, -0.2) is 42.4 Å². The molecule has 0 saturated carbocycles. The van der Waals surface area contributed by atoms with Crippen molar-refractivity contribution in [3.63, 3.8) is 0 Å². The van der Waals surface area contributed by atoms with Gasteiger partial charge in [0.15, 0.2) is 0 Å². The van der Waals surface area contributed by atoms with E-state index >= 15 is 0 Å². The summed E-state index contributed by atoms with van der Waals surface area (Å²) < 4.78 is 41.6. The van der Waals surface area contributed by atoms with Gasteiger partial charge in [-0.25, -0.2) is 0 Å². The molecule has 0 spiro atoms. The fourth-order valence-corrected chi connectivity index (χ4v) is 1.20. The number of pyridine rings is 1. The SMILES string of the molecule is O=C(NCCOCCO)c1ccc(C(F)(F)F)nc1. The van der Waals surface area contributed by atoms with Crippen molar-refractivity contribution < 1.29 is 27.8 Å². The van der Waals surface area contributed by atoms with Crippen molar-refractivity contribution in [1.82, 2.24) is 10.3 Å². The van der Waals surface area contributed by atoms with Gasteiger partial charge in [-0.15, -0.1) is 0 Å². The summed E-state index contributed by atoms with van der Waals surface area (Å²) in [4.78, 5) is 14.7. The van der Waals surface area contributed by atoms with E-state index < -0.39 is 17.8 Å². The maximum Gasteiger partial charge on any atom is 0.433 e. The van der Waals surface area contributed by atoms with Crippen molar-refractivity contribution in [3.05, 3.63) is 29.6 Å². The number of carbonyl (C=O) groups is 1. The number of nitrogens with zero attached hydrogens (tertiary/aromatic N) is 1. The van der Waals surface area contributed by atoms with Crippen LogP contribution >= 0.6 is 0 Å². The topological polar surface area (TPSA) is 71.5 Å². The zero-order valence-electron chi connectivity index (χ0n) is 9.91. The summed E-state index contributed by atoms with van der Waals surface area (Å²) in [6.07, 6.45) is -3.65. The van der Waals surface area contributed by atoms with Crippen molar-refractivity contribution in [2.45, 2.75) is 6.18 Å². The van der Waals surface area contributed by atoms with E-state index in [0.29, 0.717) is 0 Å². The maximum atomic E-state index is 12.2. The van der Waals surface area contributed by atoms with Crippen molar-refractivity contribution in [3.8, 4) is 0 Å². The van der Waals surface area contributed by atoms with E-state index in [1.165, 1.54) is 0 Å². The quantitative estimate of drug-likeness (QED) is 0.756. The fraction of sp³-hybridized carbons (Fsp3) is 0.455. The van der Waals surface area contributed by atoms with Gasteiger partial charge >= 0.3 is 6.18 Å². The molecule has 1 aromatic rings.